The zero-order valence-electron chi connectivity index (χ0n) is 12.5. The fourth-order valence-corrected chi connectivity index (χ4v) is 3.13. The standard InChI is InChI=1S/C15H20FN3OS/c1-4-15(20,5-2)10-21-14-18-17-13(19(14)3)11-6-8-12(16)9-7-11/h6-9,20H,4-5,10H2,1-3H3. The third-order valence-electron chi connectivity index (χ3n) is 3.72. The normalized spacial score (nSPS) is 11.9. The van der Waals surface area contributed by atoms with Crippen LogP contribution in [-0.2, 0) is 7.05 Å². The molecule has 1 N–H and O–H groups in total. The van der Waals surface area contributed by atoms with Crippen molar-refractivity contribution in [2.24, 2.45) is 7.05 Å². The molecular formula is C15H20FN3OS. The maximum atomic E-state index is 13.0. The van der Waals surface area contributed by atoms with Crippen molar-refractivity contribution >= 4 is 11.8 Å². The average Bonchev–Trinajstić information content (AvgIpc) is 2.87. The molecule has 0 unspecified atom stereocenters. The molecule has 0 radical (unpaired) electrons. The molecule has 0 aliphatic heterocycles. The zero-order chi connectivity index (χ0) is 15.5. The molecule has 0 aliphatic carbocycles. The summed E-state index contributed by atoms with van der Waals surface area (Å²) in [5.74, 6) is 0.996. The first-order valence-corrected chi connectivity index (χ1v) is 7.98. The lowest BCUT2D eigenvalue weighted by atomic mass is 10.0. The van der Waals surface area contributed by atoms with Gasteiger partial charge in [-0.25, -0.2) is 4.39 Å². The molecule has 0 saturated carbocycles. The summed E-state index contributed by atoms with van der Waals surface area (Å²) in [4.78, 5) is 0. The van der Waals surface area contributed by atoms with Crippen molar-refractivity contribution in [3.8, 4) is 11.4 Å². The molecule has 0 fully saturated rings. The first kappa shape index (κ1) is 16.0. The van der Waals surface area contributed by atoms with Crippen LogP contribution >= 0.6 is 11.8 Å². The van der Waals surface area contributed by atoms with Gasteiger partial charge in [0.2, 0.25) is 0 Å². The van der Waals surface area contributed by atoms with Crippen molar-refractivity contribution in [2.45, 2.75) is 37.4 Å². The molecule has 1 aromatic carbocycles. The molecule has 114 valence electrons. The van der Waals surface area contributed by atoms with E-state index in [1.54, 1.807) is 12.1 Å². The van der Waals surface area contributed by atoms with Crippen molar-refractivity contribution < 1.29 is 9.50 Å². The van der Waals surface area contributed by atoms with Gasteiger partial charge >= 0.3 is 0 Å². The first-order chi connectivity index (χ1) is 9.99. The van der Waals surface area contributed by atoms with Gasteiger partial charge in [0.1, 0.15) is 5.82 Å². The minimum absolute atomic E-state index is 0.272. The molecule has 4 nitrogen and oxygen atoms in total. The van der Waals surface area contributed by atoms with Gasteiger partial charge in [-0.1, -0.05) is 25.6 Å². The van der Waals surface area contributed by atoms with Crippen molar-refractivity contribution in [3.63, 3.8) is 0 Å². The average molecular weight is 309 g/mol. The van der Waals surface area contributed by atoms with Crippen LogP contribution in [0.2, 0.25) is 0 Å². The Morgan fingerprint density at radius 2 is 1.81 bits per heavy atom. The molecule has 0 aliphatic rings. The summed E-state index contributed by atoms with van der Waals surface area (Å²) < 4.78 is 14.8. The van der Waals surface area contributed by atoms with E-state index in [4.69, 9.17) is 0 Å². The Hall–Kier alpha value is -1.40. The molecule has 0 amide bonds. The van der Waals surface area contributed by atoms with E-state index in [0.717, 1.165) is 10.7 Å². The third kappa shape index (κ3) is 3.63. The molecule has 2 aromatic rings. The SMILES string of the molecule is CCC(O)(CC)CSc1nnc(-c2ccc(F)cc2)n1C. The van der Waals surface area contributed by atoms with E-state index in [0.29, 0.717) is 24.4 Å². The highest BCUT2D eigenvalue weighted by Gasteiger charge is 2.23. The maximum Gasteiger partial charge on any atom is 0.191 e. The molecule has 2 rings (SSSR count). The van der Waals surface area contributed by atoms with Gasteiger partial charge in [-0.2, -0.15) is 0 Å². The number of rotatable bonds is 6. The minimum Gasteiger partial charge on any atom is -0.389 e. The lowest BCUT2D eigenvalue weighted by molar-refractivity contribution is 0.0571. The van der Waals surface area contributed by atoms with E-state index in [2.05, 4.69) is 10.2 Å². The lowest BCUT2D eigenvalue weighted by Gasteiger charge is -2.24. The van der Waals surface area contributed by atoms with Gasteiger partial charge in [0.05, 0.1) is 5.60 Å². The predicted molar refractivity (Wildman–Crippen MR) is 82.7 cm³/mol. The summed E-state index contributed by atoms with van der Waals surface area (Å²) in [5, 5.41) is 19.4. The Morgan fingerprint density at radius 1 is 1.19 bits per heavy atom. The largest absolute Gasteiger partial charge is 0.389 e. The summed E-state index contributed by atoms with van der Waals surface area (Å²) in [6.45, 7) is 3.95. The van der Waals surface area contributed by atoms with Gasteiger partial charge in [-0.05, 0) is 37.1 Å². The molecule has 6 heteroatoms. The highest BCUT2D eigenvalue weighted by Crippen LogP contribution is 2.27. The quantitative estimate of drug-likeness (QED) is 0.832. The first-order valence-electron chi connectivity index (χ1n) is 6.99. The molecule has 0 saturated heterocycles. The second kappa shape index (κ2) is 6.58. The van der Waals surface area contributed by atoms with Crippen LogP contribution in [0, 0.1) is 5.82 Å². The summed E-state index contributed by atoms with van der Waals surface area (Å²) in [6, 6.07) is 6.18. The number of benzene rings is 1. The second-order valence-corrected chi connectivity index (χ2v) is 6.03. The molecule has 0 spiro atoms. The fourth-order valence-electron chi connectivity index (χ4n) is 1.94. The third-order valence-corrected chi connectivity index (χ3v) is 5.02. The Balaban J connectivity index is 2.15. The van der Waals surface area contributed by atoms with Crippen LogP contribution in [0.25, 0.3) is 11.4 Å². The smallest absolute Gasteiger partial charge is 0.191 e. The van der Waals surface area contributed by atoms with Gasteiger partial charge in [-0.3, -0.25) is 0 Å². The highest BCUT2D eigenvalue weighted by atomic mass is 32.2. The number of halogens is 1. The van der Waals surface area contributed by atoms with Gasteiger partial charge in [-0.15, -0.1) is 10.2 Å². The van der Waals surface area contributed by atoms with E-state index < -0.39 is 5.60 Å². The van der Waals surface area contributed by atoms with Crippen molar-refractivity contribution in [3.05, 3.63) is 30.1 Å². The Bertz CT molecular complexity index is 593. The topological polar surface area (TPSA) is 50.9 Å². The monoisotopic (exact) mass is 309 g/mol. The summed E-state index contributed by atoms with van der Waals surface area (Å²) in [7, 11) is 1.87. The summed E-state index contributed by atoms with van der Waals surface area (Å²) in [6.07, 6.45) is 1.42. The van der Waals surface area contributed by atoms with Gasteiger partial charge in [0.15, 0.2) is 11.0 Å². The molecular weight excluding hydrogens is 289 g/mol. The lowest BCUT2D eigenvalue weighted by Crippen LogP contribution is -2.29. The van der Waals surface area contributed by atoms with Crippen LogP contribution < -0.4 is 0 Å². The van der Waals surface area contributed by atoms with E-state index in [1.807, 2.05) is 25.5 Å². The summed E-state index contributed by atoms with van der Waals surface area (Å²) >= 11 is 1.49. The molecule has 21 heavy (non-hydrogen) atoms. The number of hydrogen-bond donors (Lipinski definition) is 1. The van der Waals surface area contributed by atoms with Crippen LogP contribution in [0.1, 0.15) is 26.7 Å². The Labute approximate surface area is 128 Å². The van der Waals surface area contributed by atoms with Crippen LogP contribution in [0.15, 0.2) is 29.4 Å². The van der Waals surface area contributed by atoms with Crippen LogP contribution in [0.3, 0.4) is 0 Å². The van der Waals surface area contributed by atoms with Crippen molar-refractivity contribution in [1.29, 1.82) is 0 Å². The van der Waals surface area contributed by atoms with Crippen LogP contribution in [0.4, 0.5) is 4.39 Å². The second-order valence-electron chi connectivity index (χ2n) is 5.09. The molecule has 0 bridgehead atoms. The van der Waals surface area contributed by atoms with E-state index >= 15 is 0 Å². The number of aromatic nitrogens is 3. The van der Waals surface area contributed by atoms with E-state index in [9.17, 15) is 9.50 Å². The highest BCUT2D eigenvalue weighted by molar-refractivity contribution is 7.99. The van der Waals surface area contributed by atoms with E-state index in [-0.39, 0.29) is 5.82 Å². The van der Waals surface area contributed by atoms with Gasteiger partial charge < -0.3 is 9.67 Å². The van der Waals surface area contributed by atoms with E-state index in [1.165, 1.54) is 23.9 Å². The number of aliphatic hydroxyl groups is 1. The maximum absolute atomic E-state index is 13.0. The van der Waals surface area contributed by atoms with Crippen molar-refractivity contribution in [2.75, 3.05) is 5.75 Å². The van der Waals surface area contributed by atoms with Gasteiger partial charge in [0, 0.05) is 18.4 Å². The Kier molecular flexibility index (Phi) is 5.00. The van der Waals surface area contributed by atoms with Gasteiger partial charge in [0.25, 0.3) is 0 Å². The molecule has 1 heterocycles. The minimum atomic E-state index is -0.674. The fraction of sp³-hybridized carbons (Fsp3) is 0.467. The number of thioether (sulfide) groups is 1. The summed E-state index contributed by atoms with van der Waals surface area (Å²) in [5.41, 5.74) is 0.145. The number of hydrogen-bond acceptors (Lipinski definition) is 4. The molecule has 1 aromatic heterocycles. The molecule has 0 atom stereocenters. The zero-order valence-corrected chi connectivity index (χ0v) is 13.3. The Morgan fingerprint density at radius 3 is 2.38 bits per heavy atom. The van der Waals surface area contributed by atoms with Crippen LogP contribution in [0.5, 0.6) is 0 Å². The van der Waals surface area contributed by atoms with Crippen molar-refractivity contribution in [1.82, 2.24) is 14.8 Å². The van der Waals surface area contributed by atoms with Crippen LogP contribution in [-0.4, -0.2) is 31.2 Å². The number of nitrogens with zero attached hydrogens (tertiary/aromatic N) is 3. The predicted octanol–water partition coefficient (Wildman–Crippen LogP) is 3.26.